The molecule has 6 nitrogen and oxygen atoms in total. The van der Waals surface area contributed by atoms with Crippen LogP contribution in [0.1, 0.15) is 31.8 Å². The van der Waals surface area contributed by atoms with Crippen molar-refractivity contribution in [1.82, 2.24) is 4.90 Å². The van der Waals surface area contributed by atoms with Crippen LogP contribution in [0.3, 0.4) is 0 Å². The van der Waals surface area contributed by atoms with E-state index in [0.29, 0.717) is 28.5 Å². The molecule has 0 aromatic heterocycles. The van der Waals surface area contributed by atoms with Gasteiger partial charge >= 0.3 is 7.12 Å². The van der Waals surface area contributed by atoms with Crippen molar-refractivity contribution >= 4 is 40.9 Å². The number of hydrogen-bond donors (Lipinski definition) is 3. The highest BCUT2D eigenvalue weighted by Gasteiger charge is 2.33. The summed E-state index contributed by atoms with van der Waals surface area (Å²) in [4.78, 5) is 27.8. The molecule has 0 saturated heterocycles. The second-order valence-corrected chi connectivity index (χ2v) is 8.00. The van der Waals surface area contributed by atoms with Gasteiger partial charge in [0.1, 0.15) is 0 Å². The van der Waals surface area contributed by atoms with E-state index in [-0.39, 0.29) is 18.4 Å². The highest BCUT2D eigenvalue weighted by molar-refractivity contribution is 6.59. The molecule has 0 fully saturated rings. The van der Waals surface area contributed by atoms with Gasteiger partial charge in [-0.3, -0.25) is 14.5 Å². The largest absolute Gasteiger partial charge is 0.488 e. The molecule has 0 radical (unpaired) electrons. The number of anilines is 1. The Morgan fingerprint density at radius 3 is 2.21 bits per heavy atom. The first-order chi connectivity index (χ1) is 16.0. The molecule has 1 aliphatic rings. The van der Waals surface area contributed by atoms with Crippen LogP contribution < -0.4 is 10.8 Å². The summed E-state index contributed by atoms with van der Waals surface area (Å²) in [5.74, 6) is -0.624. The number of rotatable bonds is 6. The number of carbonyl (C=O) groups excluding carboxylic acids is 2. The maximum absolute atomic E-state index is 13.3. The van der Waals surface area contributed by atoms with Crippen LogP contribution in [0.25, 0.3) is 10.8 Å². The number of hydrogen-bond acceptors (Lipinski definition) is 5. The van der Waals surface area contributed by atoms with Crippen molar-refractivity contribution in [2.75, 3.05) is 5.32 Å². The molecule has 0 atom stereocenters. The van der Waals surface area contributed by atoms with Gasteiger partial charge in [-0.15, -0.1) is 0 Å². The van der Waals surface area contributed by atoms with Gasteiger partial charge in [0.15, 0.2) is 0 Å². The predicted molar refractivity (Wildman–Crippen MR) is 128 cm³/mol. The number of amides is 2. The van der Waals surface area contributed by atoms with Crippen molar-refractivity contribution in [2.24, 2.45) is 0 Å². The van der Waals surface area contributed by atoms with Crippen molar-refractivity contribution in [3.63, 3.8) is 0 Å². The van der Waals surface area contributed by atoms with Crippen LogP contribution in [-0.2, 0) is 13.1 Å². The number of benzene rings is 4. The Morgan fingerprint density at radius 2 is 1.45 bits per heavy atom. The summed E-state index contributed by atoms with van der Waals surface area (Å²) >= 11 is 0. The molecule has 4 aromatic rings. The summed E-state index contributed by atoms with van der Waals surface area (Å²) in [5, 5.41) is 24.0. The normalized spacial score (nSPS) is 12.8. The van der Waals surface area contributed by atoms with Gasteiger partial charge in [0.2, 0.25) is 0 Å². The van der Waals surface area contributed by atoms with Crippen molar-refractivity contribution in [3.8, 4) is 0 Å². The molecular formula is C26H21BN2O4. The molecule has 162 valence electrons. The van der Waals surface area contributed by atoms with Crippen molar-refractivity contribution in [1.29, 1.82) is 0 Å². The molecule has 0 spiro atoms. The SMILES string of the molecule is O=C1c2cccc3c(NCc4ccccc4B(O)O)ccc(c23)C(=O)N1Cc1ccccc1. The number of imide groups is 1. The molecule has 5 rings (SSSR count). The van der Waals surface area contributed by atoms with Gasteiger partial charge in [-0.2, -0.15) is 0 Å². The van der Waals surface area contributed by atoms with Gasteiger partial charge in [-0.25, -0.2) is 0 Å². The first kappa shape index (κ1) is 20.9. The standard InChI is InChI=1S/C26H21BN2O4/c30-25-20-11-6-10-19-23(28-15-18-9-4-5-12-22(18)27(32)33)14-13-21(24(19)20)26(31)29(25)16-17-7-2-1-3-8-17/h1-14,28,32-33H,15-16H2. The smallest absolute Gasteiger partial charge is 0.423 e. The summed E-state index contributed by atoms with van der Waals surface area (Å²) < 4.78 is 0. The van der Waals surface area contributed by atoms with Crippen LogP contribution >= 0.6 is 0 Å². The minimum Gasteiger partial charge on any atom is -0.423 e. The quantitative estimate of drug-likeness (QED) is 0.320. The monoisotopic (exact) mass is 436 g/mol. The number of nitrogens with one attached hydrogen (secondary N) is 1. The van der Waals surface area contributed by atoms with Crippen molar-refractivity contribution in [3.05, 3.63) is 107 Å². The minimum absolute atomic E-state index is 0.217. The summed E-state index contributed by atoms with van der Waals surface area (Å²) in [6.07, 6.45) is 0. The van der Waals surface area contributed by atoms with E-state index in [4.69, 9.17) is 0 Å². The second-order valence-electron chi connectivity index (χ2n) is 8.00. The topological polar surface area (TPSA) is 89.9 Å². The molecule has 2 amide bonds. The third-order valence-electron chi connectivity index (χ3n) is 5.98. The fraction of sp³-hybridized carbons (Fsp3) is 0.0769. The van der Waals surface area contributed by atoms with E-state index < -0.39 is 7.12 Å². The third-order valence-corrected chi connectivity index (χ3v) is 5.98. The maximum Gasteiger partial charge on any atom is 0.488 e. The van der Waals surface area contributed by atoms with Gasteiger partial charge in [0, 0.05) is 34.1 Å². The predicted octanol–water partition coefficient (Wildman–Crippen LogP) is 2.93. The molecule has 0 aliphatic carbocycles. The Morgan fingerprint density at radius 1 is 0.758 bits per heavy atom. The average Bonchev–Trinajstić information content (AvgIpc) is 2.84. The van der Waals surface area contributed by atoms with Crippen molar-refractivity contribution < 1.29 is 19.6 Å². The van der Waals surface area contributed by atoms with Crippen molar-refractivity contribution in [2.45, 2.75) is 13.1 Å². The van der Waals surface area contributed by atoms with Crippen LogP contribution in [0, 0.1) is 0 Å². The summed E-state index contributed by atoms with van der Waals surface area (Å²) in [6, 6.07) is 25.5. The molecule has 3 N–H and O–H groups in total. The Kier molecular flexibility index (Phi) is 5.42. The maximum atomic E-state index is 13.3. The average molecular weight is 436 g/mol. The first-order valence-corrected chi connectivity index (χ1v) is 10.7. The molecule has 7 heteroatoms. The molecule has 1 aliphatic heterocycles. The molecule has 33 heavy (non-hydrogen) atoms. The Labute approximate surface area is 191 Å². The third kappa shape index (κ3) is 3.78. The van der Waals surface area contributed by atoms with Crippen LogP contribution in [-0.4, -0.2) is 33.9 Å². The Hall–Kier alpha value is -3.94. The van der Waals surface area contributed by atoms with E-state index in [1.807, 2.05) is 60.7 Å². The first-order valence-electron chi connectivity index (χ1n) is 10.7. The van der Waals surface area contributed by atoms with E-state index in [9.17, 15) is 19.6 Å². The second kappa shape index (κ2) is 8.54. The summed E-state index contributed by atoms with van der Waals surface area (Å²) in [5.41, 5.74) is 3.80. The van der Waals surface area contributed by atoms with Crippen LogP contribution in [0.4, 0.5) is 5.69 Å². The van der Waals surface area contributed by atoms with Gasteiger partial charge in [-0.1, -0.05) is 66.7 Å². The van der Waals surface area contributed by atoms with E-state index in [1.54, 1.807) is 24.3 Å². The molecular weight excluding hydrogens is 415 g/mol. The summed E-state index contributed by atoms with van der Waals surface area (Å²) in [7, 11) is -1.56. The fourth-order valence-corrected chi connectivity index (χ4v) is 4.35. The van der Waals surface area contributed by atoms with E-state index >= 15 is 0 Å². The zero-order valence-electron chi connectivity index (χ0n) is 17.7. The number of carbonyl (C=O) groups is 2. The highest BCUT2D eigenvalue weighted by atomic mass is 16.4. The van der Waals surface area contributed by atoms with Gasteiger partial charge in [0.25, 0.3) is 11.8 Å². The zero-order valence-corrected chi connectivity index (χ0v) is 17.7. The zero-order chi connectivity index (χ0) is 22.9. The highest BCUT2D eigenvalue weighted by Crippen LogP contribution is 2.35. The van der Waals surface area contributed by atoms with E-state index in [1.165, 1.54) is 4.90 Å². The van der Waals surface area contributed by atoms with E-state index in [0.717, 1.165) is 22.2 Å². The van der Waals surface area contributed by atoms with Crippen LogP contribution in [0.2, 0.25) is 0 Å². The van der Waals surface area contributed by atoms with Gasteiger partial charge in [0.05, 0.1) is 6.54 Å². The van der Waals surface area contributed by atoms with Gasteiger partial charge in [-0.05, 0) is 34.8 Å². The lowest BCUT2D eigenvalue weighted by molar-refractivity contribution is 0.0598. The lowest BCUT2D eigenvalue weighted by Gasteiger charge is -2.28. The summed E-state index contributed by atoms with van der Waals surface area (Å²) in [6.45, 7) is 0.573. The van der Waals surface area contributed by atoms with Gasteiger partial charge < -0.3 is 15.4 Å². The molecule has 0 bridgehead atoms. The van der Waals surface area contributed by atoms with Crippen LogP contribution in [0.5, 0.6) is 0 Å². The Balaban J connectivity index is 1.50. The van der Waals surface area contributed by atoms with Crippen LogP contribution in [0.15, 0.2) is 84.9 Å². The molecule has 1 heterocycles. The number of nitrogens with zero attached hydrogens (tertiary/aromatic N) is 1. The molecule has 0 unspecified atom stereocenters. The minimum atomic E-state index is -1.56. The lowest BCUT2D eigenvalue weighted by atomic mass is 9.77. The molecule has 0 saturated carbocycles. The van der Waals surface area contributed by atoms with E-state index in [2.05, 4.69) is 5.32 Å². The lowest BCUT2D eigenvalue weighted by Crippen LogP contribution is -2.39. The molecule has 4 aromatic carbocycles. The fourth-order valence-electron chi connectivity index (χ4n) is 4.35. The Bertz CT molecular complexity index is 1350.